The topological polar surface area (TPSA) is 63.0 Å². The van der Waals surface area contributed by atoms with E-state index < -0.39 is 0 Å². The van der Waals surface area contributed by atoms with Crippen molar-refractivity contribution in [2.24, 2.45) is 0 Å². The first-order valence-corrected chi connectivity index (χ1v) is 4.97. The van der Waals surface area contributed by atoms with Crippen LogP contribution in [0.3, 0.4) is 0 Å². The summed E-state index contributed by atoms with van der Waals surface area (Å²) in [5, 5.41) is 17.8. The quantitative estimate of drug-likeness (QED) is 0.469. The molecule has 0 saturated heterocycles. The molecule has 0 unspecified atom stereocenters. The second-order valence-corrected chi connectivity index (χ2v) is 4.42. The summed E-state index contributed by atoms with van der Waals surface area (Å²) in [4.78, 5) is 1.96. The Labute approximate surface area is 86.7 Å². The maximum atomic E-state index is 7.81. The monoisotopic (exact) mass is 198 g/mol. The van der Waals surface area contributed by atoms with Crippen LogP contribution in [0.2, 0.25) is 0 Å². The molecule has 4 nitrogen and oxygen atoms in total. The predicted octanol–water partition coefficient (Wildman–Crippen LogP) is 2.02. The highest BCUT2D eigenvalue weighted by molar-refractivity contribution is 5.95. The summed E-state index contributed by atoms with van der Waals surface area (Å²) in [7, 11) is 0. The van der Waals surface area contributed by atoms with Gasteiger partial charge in [0.25, 0.3) is 0 Å². The molecular formula is C10H22N4. The van der Waals surface area contributed by atoms with Crippen LogP contribution in [-0.4, -0.2) is 28.8 Å². The minimum absolute atomic E-state index is 0.0739. The summed E-state index contributed by atoms with van der Waals surface area (Å²) in [6.45, 7) is 10.8. The molecular weight excluding hydrogens is 176 g/mol. The summed E-state index contributed by atoms with van der Waals surface area (Å²) in [5.74, 6) is 0.618. The number of rotatable bonds is 2. The van der Waals surface area contributed by atoms with Crippen LogP contribution in [0, 0.1) is 10.8 Å². The number of hydrogen-bond donors (Lipinski definition) is 3. The molecule has 0 aromatic carbocycles. The Bertz CT molecular complexity index is 215. The SMILES string of the molecule is CCCN(C(=N)NC(C)=N)C(C)(C)C. The zero-order valence-electron chi connectivity index (χ0n) is 9.86. The van der Waals surface area contributed by atoms with Crippen LogP contribution in [0.5, 0.6) is 0 Å². The third-order valence-corrected chi connectivity index (χ3v) is 1.83. The molecule has 0 atom stereocenters. The average Bonchev–Trinajstić information content (AvgIpc) is 1.96. The first kappa shape index (κ1) is 12.9. The fourth-order valence-electron chi connectivity index (χ4n) is 1.25. The molecule has 0 heterocycles. The van der Waals surface area contributed by atoms with Crippen molar-refractivity contribution in [1.29, 1.82) is 10.8 Å². The molecule has 0 aliphatic rings. The molecule has 0 rings (SSSR count). The van der Waals surface area contributed by atoms with Gasteiger partial charge in [-0.1, -0.05) is 6.92 Å². The zero-order valence-corrected chi connectivity index (χ0v) is 9.86. The van der Waals surface area contributed by atoms with Gasteiger partial charge in [0.05, 0.1) is 5.84 Å². The molecule has 4 heteroatoms. The number of guanidine groups is 1. The third kappa shape index (κ3) is 4.25. The number of nitrogens with one attached hydrogen (secondary N) is 3. The van der Waals surface area contributed by atoms with Gasteiger partial charge in [0.1, 0.15) is 0 Å². The maximum absolute atomic E-state index is 7.81. The molecule has 82 valence electrons. The smallest absolute Gasteiger partial charge is 0.196 e. The van der Waals surface area contributed by atoms with Gasteiger partial charge in [-0.25, -0.2) is 0 Å². The van der Waals surface area contributed by atoms with Crippen molar-refractivity contribution in [1.82, 2.24) is 10.2 Å². The molecule has 0 saturated carbocycles. The molecule has 0 spiro atoms. The van der Waals surface area contributed by atoms with E-state index in [1.807, 2.05) is 4.90 Å². The molecule has 0 radical (unpaired) electrons. The largest absolute Gasteiger partial charge is 0.338 e. The first-order chi connectivity index (χ1) is 6.29. The van der Waals surface area contributed by atoms with Crippen LogP contribution in [0.25, 0.3) is 0 Å². The number of nitrogens with zero attached hydrogens (tertiary/aromatic N) is 1. The lowest BCUT2D eigenvalue weighted by Crippen LogP contribution is -2.52. The molecule has 0 fully saturated rings. The van der Waals surface area contributed by atoms with E-state index in [0.29, 0.717) is 11.8 Å². The maximum Gasteiger partial charge on any atom is 0.196 e. The van der Waals surface area contributed by atoms with Crippen molar-refractivity contribution in [2.75, 3.05) is 6.54 Å². The molecule has 0 amide bonds. The van der Waals surface area contributed by atoms with Crippen molar-refractivity contribution in [3.05, 3.63) is 0 Å². The van der Waals surface area contributed by atoms with Gasteiger partial charge in [-0.05, 0) is 34.1 Å². The minimum atomic E-state index is -0.0739. The Morgan fingerprint density at radius 3 is 2.07 bits per heavy atom. The Hall–Kier alpha value is -1.06. The second kappa shape index (κ2) is 4.98. The van der Waals surface area contributed by atoms with Gasteiger partial charge >= 0.3 is 0 Å². The highest BCUT2D eigenvalue weighted by atomic mass is 15.3. The van der Waals surface area contributed by atoms with Crippen LogP contribution in [0.15, 0.2) is 0 Å². The second-order valence-electron chi connectivity index (χ2n) is 4.42. The minimum Gasteiger partial charge on any atom is -0.338 e. The summed E-state index contributed by atoms with van der Waals surface area (Å²) >= 11 is 0. The van der Waals surface area contributed by atoms with E-state index in [0.717, 1.165) is 13.0 Å². The van der Waals surface area contributed by atoms with E-state index in [4.69, 9.17) is 10.8 Å². The Morgan fingerprint density at radius 2 is 1.79 bits per heavy atom. The van der Waals surface area contributed by atoms with E-state index in [1.54, 1.807) is 6.92 Å². The van der Waals surface area contributed by atoms with Gasteiger partial charge < -0.3 is 10.2 Å². The highest BCUT2D eigenvalue weighted by Gasteiger charge is 2.22. The van der Waals surface area contributed by atoms with E-state index in [2.05, 4.69) is 33.0 Å². The van der Waals surface area contributed by atoms with Crippen molar-refractivity contribution < 1.29 is 0 Å². The first-order valence-electron chi connectivity index (χ1n) is 4.97. The highest BCUT2D eigenvalue weighted by Crippen LogP contribution is 2.13. The van der Waals surface area contributed by atoms with Gasteiger partial charge in [0.15, 0.2) is 5.96 Å². The number of hydrogen-bond acceptors (Lipinski definition) is 2. The Balaban J connectivity index is 4.49. The van der Waals surface area contributed by atoms with E-state index in [1.165, 1.54) is 0 Å². The summed E-state index contributed by atoms with van der Waals surface area (Å²) in [6, 6.07) is 0. The predicted molar refractivity (Wildman–Crippen MR) is 61.0 cm³/mol. The van der Waals surface area contributed by atoms with Crippen molar-refractivity contribution in [3.63, 3.8) is 0 Å². The standard InChI is InChI=1S/C10H22N4/c1-6-7-14(10(3,4)5)9(12)13-8(2)11/h6-7H2,1-5H3,(H3,11,12,13). The molecule has 3 N–H and O–H groups in total. The van der Waals surface area contributed by atoms with Gasteiger partial charge in [-0.3, -0.25) is 10.8 Å². The Kier molecular flexibility index (Phi) is 4.60. The van der Waals surface area contributed by atoms with Crippen LogP contribution >= 0.6 is 0 Å². The van der Waals surface area contributed by atoms with Crippen molar-refractivity contribution in [3.8, 4) is 0 Å². The van der Waals surface area contributed by atoms with Gasteiger partial charge in [-0.2, -0.15) is 0 Å². The molecule has 0 aliphatic carbocycles. The summed E-state index contributed by atoms with van der Waals surface area (Å²) in [5.41, 5.74) is -0.0739. The molecule has 0 bridgehead atoms. The van der Waals surface area contributed by atoms with E-state index >= 15 is 0 Å². The van der Waals surface area contributed by atoms with Crippen molar-refractivity contribution in [2.45, 2.75) is 46.6 Å². The van der Waals surface area contributed by atoms with Crippen LogP contribution < -0.4 is 5.32 Å². The molecule has 0 aromatic rings. The van der Waals surface area contributed by atoms with Crippen molar-refractivity contribution >= 4 is 11.8 Å². The Morgan fingerprint density at radius 1 is 1.29 bits per heavy atom. The summed E-state index contributed by atoms with van der Waals surface area (Å²) in [6.07, 6.45) is 0.998. The van der Waals surface area contributed by atoms with Gasteiger partial charge in [0, 0.05) is 12.1 Å². The van der Waals surface area contributed by atoms with E-state index in [9.17, 15) is 0 Å². The molecule has 0 aliphatic heterocycles. The zero-order chi connectivity index (χ0) is 11.4. The van der Waals surface area contributed by atoms with Crippen LogP contribution in [-0.2, 0) is 0 Å². The lowest BCUT2D eigenvalue weighted by molar-refractivity contribution is 0.231. The third-order valence-electron chi connectivity index (χ3n) is 1.83. The van der Waals surface area contributed by atoms with Gasteiger partial charge in [0.2, 0.25) is 0 Å². The number of amidine groups is 1. The lowest BCUT2D eigenvalue weighted by Gasteiger charge is -2.37. The van der Waals surface area contributed by atoms with Gasteiger partial charge in [-0.15, -0.1) is 0 Å². The average molecular weight is 198 g/mol. The summed E-state index contributed by atoms with van der Waals surface area (Å²) < 4.78 is 0. The fraction of sp³-hybridized carbons (Fsp3) is 0.800. The van der Waals surface area contributed by atoms with Crippen LogP contribution in [0.4, 0.5) is 0 Å². The normalized spacial score (nSPS) is 10.9. The lowest BCUT2D eigenvalue weighted by atomic mass is 10.1. The molecule has 0 aromatic heterocycles. The fourth-order valence-corrected chi connectivity index (χ4v) is 1.25. The molecule has 14 heavy (non-hydrogen) atoms. The van der Waals surface area contributed by atoms with Crippen LogP contribution in [0.1, 0.15) is 41.0 Å². The van der Waals surface area contributed by atoms with E-state index in [-0.39, 0.29) is 5.54 Å².